The van der Waals surface area contributed by atoms with Crippen molar-refractivity contribution in [3.8, 4) is 0 Å². The van der Waals surface area contributed by atoms with Gasteiger partial charge in [0, 0.05) is 5.69 Å². The highest BCUT2D eigenvalue weighted by Crippen LogP contribution is 2.20. The molecule has 0 fully saturated rings. The lowest BCUT2D eigenvalue weighted by atomic mass is 9.99. The minimum Gasteiger partial charge on any atom is -0.465 e. The molecule has 0 saturated carbocycles. The Morgan fingerprint density at radius 3 is 2.61 bits per heavy atom. The third-order valence-electron chi connectivity index (χ3n) is 4.53. The molecule has 0 saturated heterocycles. The molecule has 146 valence electrons. The first-order valence-electron chi connectivity index (χ1n) is 8.98. The van der Waals surface area contributed by atoms with Gasteiger partial charge in [-0.15, -0.1) is 5.10 Å². The van der Waals surface area contributed by atoms with Crippen molar-refractivity contribution in [3.63, 3.8) is 0 Å². The van der Waals surface area contributed by atoms with Crippen molar-refractivity contribution in [3.05, 3.63) is 53.6 Å². The van der Waals surface area contributed by atoms with Gasteiger partial charge in [-0.1, -0.05) is 30.8 Å². The summed E-state index contributed by atoms with van der Waals surface area (Å²) in [7, 11) is 1.30. The number of hydrogen-bond acceptors (Lipinski definition) is 6. The van der Waals surface area contributed by atoms with Gasteiger partial charge in [-0.2, -0.15) is 0 Å². The van der Waals surface area contributed by atoms with E-state index >= 15 is 0 Å². The molecular formula is C20H22N4O4. The van der Waals surface area contributed by atoms with Crippen LogP contribution in [-0.2, 0) is 9.53 Å². The van der Waals surface area contributed by atoms with Crippen molar-refractivity contribution in [2.75, 3.05) is 19.0 Å². The van der Waals surface area contributed by atoms with Gasteiger partial charge in [-0.25, -0.2) is 4.79 Å². The fraction of sp³-hybridized carbons (Fsp3) is 0.300. The highest BCUT2D eigenvalue weighted by molar-refractivity contribution is 5.93. The Kier molecular flexibility index (Phi) is 5.88. The minimum absolute atomic E-state index is 0.256. The molecule has 1 N–H and O–H groups in total. The number of anilines is 1. The molecular weight excluding hydrogens is 360 g/mol. The van der Waals surface area contributed by atoms with E-state index in [-0.39, 0.29) is 12.5 Å². The molecule has 1 heterocycles. The molecule has 8 nitrogen and oxygen atoms in total. The molecule has 3 rings (SSSR count). The topological polar surface area (TPSA) is 95.3 Å². The summed E-state index contributed by atoms with van der Waals surface area (Å²) in [5.41, 5.74) is 3.26. The highest BCUT2D eigenvalue weighted by Gasteiger charge is 2.12. The van der Waals surface area contributed by atoms with Crippen molar-refractivity contribution in [1.82, 2.24) is 15.2 Å². The third-order valence-corrected chi connectivity index (χ3v) is 4.53. The van der Waals surface area contributed by atoms with Gasteiger partial charge in [0.25, 0.3) is 5.91 Å². The molecule has 0 aliphatic heterocycles. The van der Waals surface area contributed by atoms with E-state index in [4.69, 9.17) is 9.57 Å². The number of benzene rings is 2. The molecule has 1 atom stereocenters. The number of rotatable bonds is 7. The van der Waals surface area contributed by atoms with Gasteiger partial charge in [-0.3, -0.25) is 4.79 Å². The summed E-state index contributed by atoms with van der Waals surface area (Å²) < 4.78 is 4.70. The zero-order valence-corrected chi connectivity index (χ0v) is 16.0. The number of aromatic nitrogens is 3. The van der Waals surface area contributed by atoms with Crippen LogP contribution in [0.3, 0.4) is 0 Å². The first-order valence-corrected chi connectivity index (χ1v) is 8.98. The first kappa shape index (κ1) is 19.3. The largest absolute Gasteiger partial charge is 0.465 e. The highest BCUT2D eigenvalue weighted by atomic mass is 16.7. The maximum atomic E-state index is 12.2. The van der Waals surface area contributed by atoms with Crippen LogP contribution >= 0.6 is 0 Å². The second-order valence-electron chi connectivity index (χ2n) is 6.41. The number of hydrogen-bond donors (Lipinski definition) is 1. The van der Waals surface area contributed by atoms with Crippen molar-refractivity contribution < 1.29 is 19.2 Å². The Labute approximate surface area is 162 Å². The van der Waals surface area contributed by atoms with Gasteiger partial charge in [0.1, 0.15) is 11.0 Å². The Morgan fingerprint density at radius 1 is 1.18 bits per heavy atom. The fourth-order valence-corrected chi connectivity index (χ4v) is 2.69. The van der Waals surface area contributed by atoms with Gasteiger partial charge in [0.15, 0.2) is 6.61 Å². The van der Waals surface area contributed by atoms with Crippen LogP contribution in [0.5, 0.6) is 0 Å². The van der Waals surface area contributed by atoms with E-state index in [1.165, 1.54) is 12.7 Å². The molecule has 0 radical (unpaired) electrons. The average molecular weight is 382 g/mol. The Bertz CT molecular complexity index is 982. The molecule has 0 aliphatic carbocycles. The summed E-state index contributed by atoms with van der Waals surface area (Å²) in [5, 5.41) is 10.6. The molecule has 1 amide bonds. The zero-order valence-electron chi connectivity index (χ0n) is 16.0. The number of nitrogens with one attached hydrogen (secondary N) is 1. The number of ether oxygens (including phenoxy) is 1. The maximum Gasteiger partial charge on any atom is 0.337 e. The minimum atomic E-state index is -0.478. The predicted octanol–water partition coefficient (Wildman–Crippen LogP) is 2.80. The number of fused-ring (bicyclic) bond motifs is 1. The summed E-state index contributed by atoms with van der Waals surface area (Å²) in [6, 6.07) is 12.5. The summed E-state index contributed by atoms with van der Waals surface area (Å²) in [6.07, 6.45) is 1.06. The molecule has 0 bridgehead atoms. The maximum absolute atomic E-state index is 12.2. The van der Waals surface area contributed by atoms with E-state index in [1.54, 1.807) is 18.2 Å². The second-order valence-corrected chi connectivity index (χ2v) is 6.41. The zero-order chi connectivity index (χ0) is 20.1. The van der Waals surface area contributed by atoms with Gasteiger partial charge < -0.3 is 14.9 Å². The summed E-state index contributed by atoms with van der Waals surface area (Å²) >= 11 is 0. The van der Waals surface area contributed by atoms with E-state index in [0.717, 1.165) is 11.3 Å². The third kappa shape index (κ3) is 4.28. The molecule has 0 aliphatic rings. The fourth-order valence-electron chi connectivity index (χ4n) is 2.69. The number of amides is 1. The lowest BCUT2D eigenvalue weighted by Gasteiger charge is -2.11. The predicted molar refractivity (Wildman–Crippen MR) is 104 cm³/mol. The van der Waals surface area contributed by atoms with E-state index < -0.39 is 5.97 Å². The van der Waals surface area contributed by atoms with E-state index in [0.29, 0.717) is 28.2 Å². The molecule has 3 aromatic rings. The van der Waals surface area contributed by atoms with Crippen molar-refractivity contribution >= 4 is 28.6 Å². The number of carbonyl (C=O) groups is 2. The van der Waals surface area contributed by atoms with Gasteiger partial charge in [0.2, 0.25) is 0 Å². The summed E-state index contributed by atoms with van der Waals surface area (Å²) in [5.74, 6) is -0.333. The smallest absolute Gasteiger partial charge is 0.337 e. The van der Waals surface area contributed by atoms with Crippen molar-refractivity contribution in [2.24, 2.45) is 0 Å². The summed E-state index contributed by atoms with van der Waals surface area (Å²) in [6.45, 7) is 4.04. The van der Waals surface area contributed by atoms with Crippen molar-refractivity contribution in [2.45, 2.75) is 26.2 Å². The average Bonchev–Trinajstić information content (AvgIpc) is 3.13. The lowest BCUT2D eigenvalue weighted by molar-refractivity contribution is -0.121. The van der Waals surface area contributed by atoms with Crippen LogP contribution in [0.2, 0.25) is 0 Å². The number of carbonyl (C=O) groups excluding carboxylic acids is 2. The monoisotopic (exact) mass is 382 g/mol. The molecule has 2 aromatic carbocycles. The lowest BCUT2D eigenvalue weighted by Crippen LogP contribution is -2.26. The molecule has 0 unspecified atom stereocenters. The van der Waals surface area contributed by atoms with Gasteiger partial charge in [0.05, 0.1) is 12.7 Å². The standard InChI is InChI=1S/C20H22N4O4/c1-4-13(2)14-5-8-16(9-6-14)21-19(25)12-28-24-18-11-15(20(26)27-3)7-10-17(18)22-23-24/h5-11,13H,4,12H2,1-3H3,(H,21,25)/t13-/m1/s1. The van der Waals surface area contributed by atoms with E-state index in [9.17, 15) is 9.59 Å². The number of esters is 1. The van der Waals surface area contributed by atoms with Crippen LogP contribution in [0.25, 0.3) is 11.0 Å². The van der Waals surface area contributed by atoms with Crippen LogP contribution in [-0.4, -0.2) is 40.8 Å². The quantitative estimate of drug-likeness (QED) is 0.632. The normalized spacial score (nSPS) is 11.8. The van der Waals surface area contributed by atoms with Crippen LogP contribution in [0.15, 0.2) is 42.5 Å². The molecule has 8 heteroatoms. The number of nitrogens with zero attached hydrogens (tertiary/aromatic N) is 3. The van der Waals surface area contributed by atoms with Gasteiger partial charge in [-0.05, 0) is 53.4 Å². The SMILES string of the molecule is CC[C@@H](C)c1ccc(NC(=O)COn2nnc3ccc(C(=O)OC)cc32)cc1. The summed E-state index contributed by atoms with van der Waals surface area (Å²) in [4.78, 5) is 30.4. The van der Waals surface area contributed by atoms with E-state index in [2.05, 4.69) is 29.5 Å². The van der Waals surface area contributed by atoms with Crippen molar-refractivity contribution in [1.29, 1.82) is 0 Å². The Hall–Kier alpha value is -3.42. The van der Waals surface area contributed by atoms with E-state index in [1.807, 2.05) is 24.3 Å². The second kappa shape index (κ2) is 8.51. The first-order chi connectivity index (χ1) is 13.5. The Morgan fingerprint density at radius 2 is 1.93 bits per heavy atom. The van der Waals surface area contributed by atoms with Crippen LogP contribution in [0, 0.1) is 0 Å². The number of methoxy groups -OCH3 is 1. The molecule has 1 aromatic heterocycles. The van der Waals surface area contributed by atoms with Crippen LogP contribution in [0.1, 0.15) is 42.1 Å². The van der Waals surface area contributed by atoms with Crippen LogP contribution in [0.4, 0.5) is 5.69 Å². The molecule has 0 spiro atoms. The Balaban J connectivity index is 1.63. The van der Waals surface area contributed by atoms with Crippen LogP contribution < -0.4 is 10.2 Å². The van der Waals surface area contributed by atoms with Gasteiger partial charge >= 0.3 is 5.97 Å². The molecule has 28 heavy (non-hydrogen) atoms.